The maximum Gasteiger partial charge on any atom is 0.433 e. The molecule has 4 aromatic rings. The van der Waals surface area contributed by atoms with Gasteiger partial charge >= 0.3 is 12.4 Å². The van der Waals surface area contributed by atoms with Crippen LogP contribution in [0.15, 0.2) is 70.3 Å². The number of alkyl halides is 6. The number of hydrogen-bond acceptors (Lipinski definition) is 4. The molecule has 0 spiro atoms. The Morgan fingerprint density at radius 2 is 0.889 bits per heavy atom. The van der Waals surface area contributed by atoms with Crippen LogP contribution in [-0.4, -0.2) is 32.1 Å². The smallest absolute Gasteiger partial charge is 0.298 e. The van der Waals surface area contributed by atoms with Crippen molar-refractivity contribution < 1.29 is 35.9 Å². The van der Waals surface area contributed by atoms with Crippen LogP contribution >= 0.6 is 0 Å². The van der Waals surface area contributed by atoms with E-state index in [1.807, 2.05) is 10.2 Å². The second-order valence-electron chi connectivity index (χ2n) is 6.98. The summed E-state index contributed by atoms with van der Waals surface area (Å²) in [4.78, 5) is 44.5. The summed E-state index contributed by atoms with van der Waals surface area (Å²) >= 11 is 0. The van der Waals surface area contributed by atoms with Gasteiger partial charge in [0.2, 0.25) is 0 Å². The van der Waals surface area contributed by atoms with Gasteiger partial charge < -0.3 is 0 Å². The van der Waals surface area contributed by atoms with Crippen LogP contribution < -0.4 is 11.1 Å². The van der Waals surface area contributed by atoms with Gasteiger partial charge in [0.15, 0.2) is 24.0 Å². The first-order valence-electron chi connectivity index (χ1n) is 9.75. The summed E-state index contributed by atoms with van der Waals surface area (Å²) in [5.41, 5.74) is -6.13. The van der Waals surface area contributed by atoms with Crippen LogP contribution in [0.2, 0.25) is 0 Å². The number of para-hydroxylation sites is 2. The molecule has 2 N–H and O–H groups in total. The number of nitrogens with zero attached hydrogens (tertiary/aromatic N) is 2. The first kappa shape index (κ1) is 26.0. The molecule has 0 amide bonds. The predicted molar refractivity (Wildman–Crippen MR) is 114 cm³/mol. The largest absolute Gasteiger partial charge is 0.433 e. The maximum absolute atomic E-state index is 12.6. The Kier molecular flexibility index (Phi) is 7.17. The lowest BCUT2D eigenvalue weighted by molar-refractivity contribution is -0.142. The number of rotatable bonds is 4. The minimum absolute atomic E-state index is 0.0961. The van der Waals surface area contributed by atoms with Crippen molar-refractivity contribution in [2.75, 3.05) is 0 Å². The number of aromatic nitrogens is 4. The summed E-state index contributed by atoms with van der Waals surface area (Å²) in [6.45, 7) is 0. The minimum Gasteiger partial charge on any atom is -0.298 e. The Morgan fingerprint density at radius 3 is 1.11 bits per heavy atom. The molecule has 188 valence electrons. The van der Waals surface area contributed by atoms with Gasteiger partial charge in [0.1, 0.15) is 11.1 Å². The Hall–Kier alpha value is -4.62. The van der Waals surface area contributed by atoms with E-state index in [0.29, 0.717) is 9.36 Å². The third-order valence-corrected chi connectivity index (χ3v) is 4.68. The molecule has 14 heteroatoms. The monoisotopic (exact) mass is 512 g/mol. The van der Waals surface area contributed by atoms with Gasteiger partial charge in [0, 0.05) is 0 Å². The van der Waals surface area contributed by atoms with E-state index >= 15 is 0 Å². The highest BCUT2D eigenvalue weighted by Crippen LogP contribution is 2.30. The van der Waals surface area contributed by atoms with E-state index in [4.69, 9.17) is 0 Å². The summed E-state index contributed by atoms with van der Waals surface area (Å²) < 4.78 is 77.0. The van der Waals surface area contributed by atoms with Crippen molar-refractivity contribution in [2.24, 2.45) is 0 Å². The SMILES string of the molecule is O=Cc1c(C(F)(F)F)[nH]n(-c2ccccc2)c1=O.O=Cc1c(C(F)(F)F)[nH]n(-c2ccccc2)c1=O. The standard InChI is InChI=1S/2C11H7F3N2O2/c2*12-11(13,14)9-8(6-17)10(18)16(15-9)7-4-2-1-3-5-7/h2*1-6,15H. The molecule has 0 unspecified atom stereocenters. The van der Waals surface area contributed by atoms with E-state index in [0.717, 1.165) is 0 Å². The molecular weight excluding hydrogens is 498 g/mol. The fourth-order valence-electron chi connectivity index (χ4n) is 3.07. The summed E-state index contributed by atoms with van der Waals surface area (Å²) in [5, 5.41) is 3.81. The Balaban J connectivity index is 0.000000201. The summed E-state index contributed by atoms with van der Waals surface area (Å²) in [7, 11) is 0. The fourth-order valence-corrected chi connectivity index (χ4v) is 3.07. The molecule has 0 saturated carbocycles. The average molecular weight is 512 g/mol. The van der Waals surface area contributed by atoms with Crippen LogP contribution in [0.25, 0.3) is 11.4 Å². The molecule has 4 rings (SSSR count). The van der Waals surface area contributed by atoms with Crippen LogP contribution in [0.3, 0.4) is 0 Å². The first-order valence-corrected chi connectivity index (χ1v) is 9.75. The minimum atomic E-state index is -4.78. The molecule has 0 saturated heterocycles. The van der Waals surface area contributed by atoms with E-state index in [1.54, 1.807) is 36.4 Å². The van der Waals surface area contributed by atoms with Crippen LogP contribution in [0.1, 0.15) is 32.1 Å². The Bertz CT molecular complexity index is 1370. The summed E-state index contributed by atoms with van der Waals surface area (Å²) in [6.07, 6.45) is -9.76. The molecule has 0 bridgehead atoms. The van der Waals surface area contributed by atoms with Gasteiger partial charge in [0.25, 0.3) is 11.1 Å². The van der Waals surface area contributed by atoms with Gasteiger partial charge in [-0.05, 0) is 24.3 Å². The lowest BCUT2D eigenvalue weighted by Crippen LogP contribution is -2.17. The molecule has 0 aliphatic rings. The number of hydrogen-bond donors (Lipinski definition) is 2. The molecule has 36 heavy (non-hydrogen) atoms. The molecule has 2 heterocycles. The Morgan fingerprint density at radius 1 is 0.583 bits per heavy atom. The van der Waals surface area contributed by atoms with Gasteiger partial charge in [-0.2, -0.15) is 26.3 Å². The zero-order chi connectivity index (χ0) is 26.7. The zero-order valence-corrected chi connectivity index (χ0v) is 17.7. The molecule has 2 aromatic heterocycles. The van der Waals surface area contributed by atoms with Crippen molar-refractivity contribution in [1.29, 1.82) is 0 Å². The number of aromatic amines is 2. The number of benzene rings is 2. The molecule has 0 aliphatic carbocycles. The number of H-pyrrole nitrogens is 2. The number of aldehydes is 2. The third kappa shape index (κ3) is 5.21. The second-order valence-corrected chi connectivity index (χ2v) is 6.98. The molecule has 8 nitrogen and oxygen atoms in total. The lowest BCUT2D eigenvalue weighted by atomic mass is 10.2. The normalized spacial score (nSPS) is 11.5. The van der Waals surface area contributed by atoms with E-state index in [9.17, 15) is 45.5 Å². The summed E-state index contributed by atoms with van der Waals surface area (Å²) in [6, 6.07) is 15.4. The van der Waals surface area contributed by atoms with Gasteiger partial charge in [-0.3, -0.25) is 29.4 Å². The number of carbonyl (C=O) groups excluding carboxylic acids is 2. The highest BCUT2D eigenvalue weighted by atomic mass is 19.4. The fraction of sp³-hybridized carbons (Fsp3) is 0.0909. The average Bonchev–Trinajstić information content (AvgIpc) is 3.37. The molecule has 0 radical (unpaired) electrons. The van der Waals surface area contributed by atoms with E-state index < -0.39 is 46.0 Å². The number of carbonyl (C=O) groups is 2. The zero-order valence-electron chi connectivity index (χ0n) is 17.7. The summed E-state index contributed by atoms with van der Waals surface area (Å²) in [5.74, 6) is 0. The predicted octanol–water partition coefficient (Wildman–Crippen LogP) is 3.99. The lowest BCUT2D eigenvalue weighted by Gasteiger charge is -2.04. The number of nitrogens with one attached hydrogen (secondary N) is 2. The first-order chi connectivity index (χ1) is 16.9. The van der Waals surface area contributed by atoms with E-state index in [1.165, 1.54) is 24.3 Å². The molecular formula is C22H14F6N4O4. The quantitative estimate of drug-likeness (QED) is 0.318. The molecule has 0 fully saturated rings. The van der Waals surface area contributed by atoms with Crippen molar-refractivity contribution in [1.82, 2.24) is 19.6 Å². The molecule has 0 aliphatic heterocycles. The van der Waals surface area contributed by atoms with E-state index in [-0.39, 0.29) is 23.9 Å². The second kappa shape index (κ2) is 9.93. The van der Waals surface area contributed by atoms with Gasteiger partial charge in [-0.25, -0.2) is 9.36 Å². The topological polar surface area (TPSA) is 110 Å². The van der Waals surface area contributed by atoms with Crippen LogP contribution in [0.5, 0.6) is 0 Å². The third-order valence-electron chi connectivity index (χ3n) is 4.68. The number of halogens is 6. The van der Waals surface area contributed by atoms with Crippen molar-refractivity contribution in [3.05, 3.63) is 104 Å². The van der Waals surface area contributed by atoms with Crippen LogP contribution in [-0.2, 0) is 12.4 Å². The van der Waals surface area contributed by atoms with Crippen LogP contribution in [0, 0.1) is 0 Å². The molecule has 0 atom stereocenters. The van der Waals surface area contributed by atoms with E-state index in [2.05, 4.69) is 0 Å². The van der Waals surface area contributed by atoms with Gasteiger partial charge in [-0.1, -0.05) is 36.4 Å². The van der Waals surface area contributed by atoms with Crippen molar-refractivity contribution in [3.8, 4) is 11.4 Å². The van der Waals surface area contributed by atoms with Gasteiger partial charge in [-0.15, -0.1) is 0 Å². The highest BCUT2D eigenvalue weighted by molar-refractivity contribution is 5.77. The van der Waals surface area contributed by atoms with Gasteiger partial charge in [0.05, 0.1) is 11.4 Å². The highest BCUT2D eigenvalue weighted by Gasteiger charge is 2.38. The van der Waals surface area contributed by atoms with Crippen LogP contribution in [0.4, 0.5) is 26.3 Å². The Labute approximate surface area is 196 Å². The van der Waals surface area contributed by atoms with Crippen molar-refractivity contribution in [3.63, 3.8) is 0 Å². The van der Waals surface area contributed by atoms with Crippen molar-refractivity contribution >= 4 is 12.6 Å². The molecule has 2 aromatic carbocycles. The maximum atomic E-state index is 12.6. The van der Waals surface area contributed by atoms with Crippen molar-refractivity contribution in [2.45, 2.75) is 12.4 Å².